The highest BCUT2D eigenvalue weighted by molar-refractivity contribution is 5.76. The predicted molar refractivity (Wildman–Crippen MR) is 97.8 cm³/mol. The van der Waals surface area contributed by atoms with Crippen molar-refractivity contribution in [3.05, 3.63) is 47.8 Å². The second-order valence-electron chi connectivity index (χ2n) is 6.91. The van der Waals surface area contributed by atoms with Crippen LogP contribution in [0.5, 0.6) is 17.2 Å². The summed E-state index contributed by atoms with van der Waals surface area (Å²) in [6.45, 7) is 3.31. The van der Waals surface area contributed by atoms with Crippen molar-refractivity contribution < 1.29 is 14.2 Å². The van der Waals surface area contributed by atoms with Gasteiger partial charge in [-0.15, -0.1) is 0 Å². The fourth-order valence-electron chi connectivity index (χ4n) is 3.83. The summed E-state index contributed by atoms with van der Waals surface area (Å²) in [6.07, 6.45) is 1.11. The van der Waals surface area contributed by atoms with E-state index in [4.69, 9.17) is 19.2 Å². The summed E-state index contributed by atoms with van der Waals surface area (Å²) in [4.78, 5) is 10.7. The fourth-order valence-corrected chi connectivity index (χ4v) is 3.83. The molecule has 2 aliphatic rings. The minimum atomic E-state index is 0.321. The normalized spacial score (nSPS) is 19.3. The first-order valence-corrected chi connectivity index (χ1v) is 8.93. The average Bonchev–Trinajstić information content (AvgIpc) is 3.39. The van der Waals surface area contributed by atoms with Gasteiger partial charge in [0, 0.05) is 25.1 Å². The summed E-state index contributed by atoms with van der Waals surface area (Å²) in [7, 11) is 1.68. The lowest BCUT2D eigenvalue weighted by Crippen LogP contribution is -2.19. The van der Waals surface area contributed by atoms with Crippen molar-refractivity contribution in [1.82, 2.24) is 14.9 Å². The zero-order valence-corrected chi connectivity index (χ0v) is 14.7. The van der Waals surface area contributed by atoms with Gasteiger partial charge in [-0.05, 0) is 42.8 Å². The van der Waals surface area contributed by atoms with E-state index >= 15 is 0 Å². The Kier molecular flexibility index (Phi) is 3.71. The molecule has 2 aromatic carbocycles. The zero-order valence-electron chi connectivity index (χ0n) is 14.7. The van der Waals surface area contributed by atoms with Crippen molar-refractivity contribution in [2.45, 2.75) is 18.9 Å². The zero-order chi connectivity index (χ0) is 17.5. The van der Waals surface area contributed by atoms with Crippen molar-refractivity contribution in [3.8, 4) is 17.2 Å². The Hall–Kier alpha value is -2.73. The number of nitrogens with zero attached hydrogens (tertiary/aromatic N) is 2. The van der Waals surface area contributed by atoms with Crippen LogP contribution in [0.4, 0.5) is 0 Å². The van der Waals surface area contributed by atoms with Gasteiger partial charge in [-0.1, -0.05) is 6.07 Å². The summed E-state index contributed by atoms with van der Waals surface area (Å²) < 4.78 is 16.2. The van der Waals surface area contributed by atoms with Crippen LogP contribution in [-0.2, 0) is 6.54 Å². The molecule has 0 saturated carbocycles. The number of H-pyrrole nitrogens is 1. The Morgan fingerprint density at radius 3 is 3.04 bits per heavy atom. The highest BCUT2D eigenvalue weighted by Gasteiger charge is 2.26. The lowest BCUT2D eigenvalue weighted by atomic mass is 10.1. The topological polar surface area (TPSA) is 59.6 Å². The molecule has 1 N–H and O–H groups in total. The molecule has 1 fully saturated rings. The molecule has 1 atom stereocenters. The average molecular weight is 351 g/mol. The highest BCUT2D eigenvalue weighted by atomic mass is 16.7. The van der Waals surface area contributed by atoms with Gasteiger partial charge in [0.05, 0.1) is 18.1 Å². The number of hydrogen-bond donors (Lipinski definition) is 1. The molecule has 5 rings (SSSR count). The van der Waals surface area contributed by atoms with Crippen LogP contribution in [0.3, 0.4) is 0 Å². The Bertz CT molecular complexity index is 953. The quantitative estimate of drug-likeness (QED) is 0.782. The monoisotopic (exact) mass is 351 g/mol. The van der Waals surface area contributed by atoms with E-state index in [0.717, 1.165) is 60.2 Å². The standard InChI is InChI=1S/C20H21N3O3/c1-24-15-3-4-16-17(9-15)22-20(21-16)14-6-7-23(11-14)10-13-2-5-18-19(8-13)26-12-25-18/h2-5,8-9,14H,6-7,10-12H2,1H3,(H,21,22). The third-order valence-corrected chi connectivity index (χ3v) is 5.21. The summed E-state index contributed by atoms with van der Waals surface area (Å²) in [5, 5.41) is 0. The minimum absolute atomic E-state index is 0.321. The first-order chi connectivity index (χ1) is 12.8. The molecule has 26 heavy (non-hydrogen) atoms. The van der Waals surface area contributed by atoms with Crippen molar-refractivity contribution in [1.29, 1.82) is 0 Å². The van der Waals surface area contributed by atoms with E-state index in [-0.39, 0.29) is 0 Å². The molecule has 3 heterocycles. The number of hydrogen-bond acceptors (Lipinski definition) is 5. The van der Waals surface area contributed by atoms with Gasteiger partial charge in [0.2, 0.25) is 6.79 Å². The number of rotatable bonds is 4. The molecule has 0 bridgehead atoms. The van der Waals surface area contributed by atoms with Crippen LogP contribution < -0.4 is 14.2 Å². The maximum absolute atomic E-state index is 5.48. The molecule has 1 unspecified atom stereocenters. The predicted octanol–water partition coefficient (Wildman–Crippen LogP) is 3.29. The molecule has 0 amide bonds. The van der Waals surface area contributed by atoms with Crippen molar-refractivity contribution in [2.24, 2.45) is 0 Å². The van der Waals surface area contributed by atoms with Gasteiger partial charge in [-0.3, -0.25) is 4.90 Å². The van der Waals surface area contributed by atoms with Crippen LogP contribution in [0, 0.1) is 0 Å². The molecule has 6 heteroatoms. The summed E-state index contributed by atoms with van der Waals surface area (Å²) >= 11 is 0. The smallest absolute Gasteiger partial charge is 0.231 e. The van der Waals surface area contributed by atoms with Crippen LogP contribution in [0.1, 0.15) is 23.7 Å². The summed E-state index contributed by atoms with van der Waals surface area (Å²) in [6, 6.07) is 12.2. The van der Waals surface area contributed by atoms with E-state index in [1.807, 2.05) is 24.3 Å². The highest BCUT2D eigenvalue weighted by Crippen LogP contribution is 2.34. The van der Waals surface area contributed by atoms with E-state index in [9.17, 15) is 0 Å². The number of aromatic amines is 1. The maximum Gasteiger partial charge on any atom is 0.231 e. The van der Waals surface area contributed by atoms with Gasteiger partial charge in [0.25, 0.3) is 0 Å². The number of methoxy groups -OCH3 is 1. The molecule has 0 aliphatic carbocycles. The molecule has 6 nitrogen and oxygen atoms in total. The molecule has 2 aliphatic heterocycles. The fraction of sp³-hybridized carbons (Fsp3) is 0.350. The summed E-state index contributed by atoms with van der Waals surface area (Å²) in [5.41, 5.74) is 3.29. The molecule has 134 valence electrons. The van der Waals surface area contributed by atoms with Crippen LogP contribution in [0.25, 0.3) is 11.0 Å². The van der Waals surface area contributed by atoms with E-state index in [0.29, 0.717) is 12.7 Å². The molecule has 0 spiro atoms. The third kappa shape index (κ3) is 2.76. The Morgan fingerprint density at radius 1 is 1.19 bits per heavy atom. The van der Waals surface area contributed by atoms with Crippen molar-refractivity contribution >= 4 is 11.0 Å². The molecular formula is C20H21N3O3. The van der Waals surface area contributed by atoms with Crippen LogP contribution in [0.2, 0.25) is 0 Å². The van der Waals surface area contributed by atoms with Crippen LogP contribution in [0.15, 0.2) is 36.4 Å². The maximum atomic E-state index is 5.48. The number of likely N-dealkylation sites (tertiary alicyclic amines) is 1. The summed E-state index contributed by atoms with van der Waals surface area (Å²) in [5.74, 6) is 4.04. The lowest BCUT2D eigenvalue weighted by Gasteiger charge is -2.15. The van der Waals surface area contributed by atoms with E-state index in [1.54, 1.807) is 7.11 Å². The molecule has 0 radical (unpaired) electrons. The minimum Gasteiger partial charge on any atom is -0.497 e. The molecule has 1 aromatic heterocycles. The Balaban J connectivity index is 1.29. The number of benzene rings is 2. The third-order valence-electron chi connectivity index (χ3n) is 5.21. The second-order valence-corrected chi connectivity index (χ2v) is 6.91. The number of aromatic nitrogens is 2. The van der Waals surface area contributed by atoms with E-state index in [2.05, 4.69) is 22.0 Å². The molecular weight excluding hydrogens is 330 g/mol. The lowest BCUT2D eigenvalue weighted by molar-refractivity contribution is 0.174. The number of nitrogens with one attached hydrogen (secondary N) is 1. The first kappa shape index (κ1) is 15.5. The van der Waals surface area contributed by atoms with Gasteiger partial charge < -0.3 is 19.2 Å². The van der Waals surface area contributed by atoms with Gasteiger partial charge >= 0.3 is 0 Å². The van der Waals surface area contributed by atoms with Crippen LogP contribution >= 0.6 is 0 Å². The van der Waals surface area contributed by atoms with Crippen LogP contribution in [-0.4, -0.2) is 41.9 Å². The molecule has 3 aromatic rings. The van der Waals surface area contributed by atoms with Crippen molar-refractivity contribution in [2.75, 3.05) is 27.0 Å². The SMILES string of the molecule is COc1ccc2nc(C3CCN(Cc4ccc5c(c4)OCO5)C3)[nH]c2c1. The van der Waals surface area contributed by atoms with Gasteiger partial charge in [-0.2, -0.15) is 0 Å². The van der Waals surface area contributed by atoms with Gasteiger partial charge in [-0.25, -0.2) is 4.98 Å². The second kappa shape index (κ2) is 6.21. The number of fused-ring (bicyclic) bond motifs is 2. The number of ether oxygens (including phenoxy) is 3. The Morgan fingerprint density at radius 2 is 2.12 bits per heavy atom. The largest absolute Gasteiger partial charge is 0.497 e. The van der Waals surface area contributed by atoms with Crippen molar-refractivity contribution in [3.63, 3.8) is 0 Å². The number of imidazole rings is 1. The van der Waals surface area contributed by atoms with E-state index < -0.39 is 0 Å². The first-order valence-electron chi connectivity index (χ1n) is 8.93. The van der Waals surface area contributed by atoms with E-state index in [1.165, 1.54) is 5.56 Å². The Labute approximate surface area is 151 Å². The van der Waals surface area contributed by atoms with Gasteiger partial charge in [0.15, 0.2) is 11.5 Å². The van der Waals surface area contributed by atoms with Gasteiger partial charge in [0.1, 0.15) is 11.6 Å². The molecule has 1 saturated heterocycles.